The van der Waals surface area contributed by atoms with Crippen LogP contribution in [0.3, 0.4) is 0 Å². The van der Waals surface area contributed by atoms with Gasteiger partial charge in [-0.2, -0.15) is 0 Å². The van der Waals surface area contributed by atoms with Crippen molar-refractivity contribution in [3.8, 4) is 11.5 Å². The summed E-state index contributed by atoms with van der Waals surface area (Å²) in [7, 11) is 0. The van der Waals surface area contributed by atoms with Crippen molar-refractivity contribution >= 4 is 17.5 Å². The van der Waals surface area contributed by atoms with Crippen LogP contribution >= 0.6 is 0 Å². The van der Waals surface area contributed by atoms with Crippen LogP contribution in [0.25, 0.3) is 0 Å². The highest BCUT2D eigenvalue weighted by Crippen LogP contribution is 2.34. The minimum atomic E-state index is -0.877. The van der Waals surface area contributed by atoms with Crippen molar-refractivity contribution in [3.05, 3.63) is 90.0 Å². The summed E-state index contributed by atoms with van der Waals surface area (Å²) in [5.41, 5.74) is 2.47. The van der Waals surface area contributed by atoms with Gasteiger partial charge in [-0.05, 0) is 49.6 Å². The van der Waals surface area contributed by atoms with Crippen LogP contribution in [-0.4, -0.2) is 30.6 Å². The van der Waals surface area contributed by atoms with Crippen molar-refractivity contribution in [2.24, 2.45) is 0 Å². The zero-order valence-corrected chi connectivity index (χ0v) is 19.9. The van der Waals surface area contributed by atoms with E-state index in [1.165, 1.54) is 0 Å². The van der Waals surface area contributed by atoms with Crippen LogP contribution in [0.1, 0.15) is 42.9 Å². The smallest absolute Gasteiger partial charge is 0.272 e. The number of amides is 2. The van der Waals surface area contributed by atoms with Gasteiger partial charge < -0.3 is 14.8 Å². The number of aryl methyl sites for hydroxylation is 1. The molecule has 35 heavy (non-hydrogen) atoms. The Morgan fingerprint density at radius 2 is 1.54 bits per heavy atom. The minimum Gasteiger partial charge on any atom is -0.485 e. The molecule has 0 spiro atoms. The fourth-order valence-corrected chi connectivity index (χ4v) is 4.81. The Morgan fingerprint density at radius 3 is 2.26 bits per heavy atom. The second-order valence-electron chi connectivity index (χ2n) is 9.21. The average molecular weight is 471 g/mol. The molecule has 0 unspecified atom stereocenters. The molecule has 1 aliphatic heterocycles. The lowest BCUT2D eigenvalue weighted by molar-refractivity contribution is -0.132. The zero-order valence-electron chi connectivity index (χ0n) is 19.9. The molecule has 0 aromatic heterocycles. The third kappa shape index (κ3) is 5.02. The van der Waals surface area contributed by atoms with Crippen molar-refractivity contribution < 1.29 is 19.1 Å². The predicted molar refractivity (Wildman–Crippen MR) is 135 cm³/mol. The average Bonchev–Trinajstić information content (AvgIpc) is 3.41. The number of rotatable bonds is 6. The van der Waals surface area contributed by atoms with Gasteiger partial charge in [-0.1, -0.05) is 73.0 Å². The van der Waals surface area contributed by atoms with Gasteiger partial charge in [-0.3, -0.25) is 14.5 Å². The lowest BCUT2D eigenvalue weighted by atomic mass is 10.00. The molecule has 3 aromatic rings. The first-order chi connectivity index (χ1) is 17.1. The van der Waals surface area contributed by atoms with Crippen LogP contribution in [0.5, 0.6) is 11.5 Å². The molecule has 1 heterocycles. The Hall–Kier alpha value is -3.80. The van der Waals surface area contributed by atoms with Crippen LogP contribution in [0.4, 0.5) is 5.69 Å². The molecule has 2 atom stereocenters. The minimum absolute atomic E-state index is 0.0735. The second kappa shape index (κ2) is 10.2. The molecule has 3 aromatic carbocycles. The molecule has 0 saturated heterocycles. The van der Waals surface area contributed by atoms with Gasteiger partial charge in [0, 0.05) is 11.7 Å². The Morgan fingerprint density at radius 1 is 0.886 bits per heavy atom. The molecule has 1 saturated carbocycles. The number of nitrogens with one attached hydrogen (secondary N) is 1. The molecule has 1 fully saturated rings. The van der Waals surface area contributed by atoms with Gasteiger partial charge in [0.15, 0.2) is 11.5 Å². The largest absolute Gasteiger partial charge is 0.485 e. The van der Waals surface area contributed by atoms with Crippen molar-refractivity contribution in [2.75, 3.05) is 11.5 Å². The highest BCUT2D eigenvalue weighted by atomic mass is 16.6. The SMILES string of the molecule is Cc1ccc([C@H](C(=O)NC2CCCC2)N(C(=O)[C@H]2COc3ccccc3O2)c2ccccc2)cc1. The molecule has 180 valence electrons. The Labute approximate surface area is 205 Å². The van der Waals surface area contributed by atoms with Crippen LogP contribution in [0.15, 0.2) is 78.9 Å². The molecule has 2 aliphatic rings. The van der Waals surface area contributed by atoms with Gasteiger partial charge in [0.05, 0.1) is 0 Å². The number of carbonyl (C=O) groups is 2. The van der Waals surface area contributed by atoms with Gasteiger partial charge in [-0.25, -0.2) is 0 Å². The van der Waals surface area contributed by atoms with Crippen LogP contribution < -0.4 is 19.7 Å². The number of benzene rings is 3. The summed E-state index contributed by atoms with van der Waals surface area (Å²) in [6.07, 6.45) is 3.25. The number of anilines is 1. The number of hydrogen-bond acceptors (Lipinski definition) is 4. The van der Waals surface area contributed by atoms with Gasteiger partial charge >= 0.3 is 0 Å². The normalized spacial score (nSPS) is 18.0. The Bertz CT molecular complexity index is 1170. The molecule has 0 bridgehead atoms. The van der Waals surface area contributed by atoms with E-state index in [1.807, 2.05) is 79.7 Å². The van der Waals surface area contributed by atoms with Crippen molar-refractivity contribution in [1.29, 1.82) is 0 Å². The summed E-state index contributed by atoms with van der Waals surface area (Å²) < 4.78 is 11.9. The molecule has 1 N–H and O–H groups in total. The highest BCUT2D eigenvalue weighted by Gasteiger charge is 2.39. The summed E-state index contributed by atoms with van der Waals surface area (Å²) in [5.74, 6) is 0.622. The van der Waals surface area contributed by atoms with Gasteiger partial charge in [0.25, 0.3) is 5.91 Å². The molecule has 6 heteroatoms. The first kappa shape index (κ1) is 23.0. The zero-order chi connectivity index (χ0) is 24.2. The molecule has 2 amide bonds. The van der Waals surface area contributed by atoms with Crippen molar-refractivity contribution in [1.82, 2.24) is 5.32 Å². The Kier molecular flexibility index (Phi) is 6.70. The maximum absolute atomic E-state index is 14.1. The lowest BCUT2D eigenvalue weighted by Gasteiger charge is -2.35. The van der Waals surface area contributed by atoms with Crippen molar-refractivity contribution in [2.45, 2.75) is 50.8 Å². The summed E-state index contributed by atoms with van der Waals surface area (Å²) >= 11 is 0. The summed E-state index contributed by atoms with van der Waals surface area (Å²) in [6, 6.07) is 23.7. The fourth-order valence-electron chi connectivity index (χ4n) is 4.81. The standard InChI is InChI=1S/C29H30N2O4/c1-20-15-17-21(18-16-20)27(28(32)30-22-9-5-6-10-22)31(23-11-3-2-4-12-23)29(33)26-19-34-24-13-7-8-14-25(24)35-26/h2-4,7-8,11-18,22,26-27H,5-6,9-10,19H2,1H3,(H,30,32)/t26-,27-/m1/s1. The predicted octanol–water partition coefficient (Wildman–Crippen LogP) is 4.97. The number of para-hydroxylation sites is 3. The van der Waals surface area contributed by atoms with Crippen LogP contribution in [0.2, 0.25) is 0 Å². The van der Waals surface area contributed by atoms with E-state index in [1.54, 1.807) is 11.0 Å². The highest BCUT2D eigenvalue weighted by molar-refractivity contribution is 6.03. The van der Waals surface area contributed by atoms with E-state index < -0.39 is 12.1 Å². The van der Waals surface area contributed by atoms with Gasteiger partial charge in [0.2, 0.25) is 12.0 Å². The number of carbonyl (C=O) groups excluding carboxylic acids is 2. The fraction of sp³-hybridized carbons (Fsp3) is 0.310. The van der Waals surface area contributed by atoms with E-state index in [0.717, 1.165) is 36.8 Å². The Balaban J connectivity index is 1.53. The molecule has 6 nitrogen and oxygen atoms in total. The third-order valence-electron chi connectivity index (χ3n) is 6.66. The maximum Gasteiger partial charge on any atom is 0.272 e. The molecule has 5 rings (SSSR count). The molecular formula is C29H30N2O4. The maximum atomic E-state index is 14.1. The van der Waals surface area contributed by atoms with Gasteiger partial charge in [0.1, 0.15) is 12.6 Å². The van der Waals surface area contributed by atoms with E-state index in [4.69, 9.17) is 9.47 Å². The summed E-state index contributed by atoms with van der Waals surface area (Å²) in [6.45, 7) is 2.08. The quantitative estimate of drug-likeness (QED) is 0.553. The number of ether oxygens (including phenoxy) is 2. The van der Waals surface area contributed by atoms with E-state index in [-0.39, 0.29) is 24.5 Å². The third-order valence-corrected chi connectivity index (χ3v) is 6.66. The number of fused-ring (bicyclic) bond motifs is 1. The number of nitrogens with zero attached hydrogens (tertiary/aromatic N) is 1. The summed E-state index contributed by atoms with van der Waals surface area (Å²) in [4.78, 5) is 29.4. The summed E-state index contributed by atoms with van der Waals surface area (Å²) in [5, 5.41) is 3.21. The monoisotopic (exact) mass is 470 g/mol. The topological polar surface area (TPSA) is 67.9 Å². The van der Waals surface area contributed by atoms with Crippen molar-refractivity contribution in [3.63, 3.8) is 0 Å². The van der Waals surface area contributed by atoms with E-state index >= 15 is 0 Å². The van der Waals surface area contributed by atoms with Crippen LogP contribution in [0, 0.1) is 6.92 Å². The van der Waals surface area contributed by atoms with E-state index in [9.17, 15) is 9.59 Å². The van der Waals surface area contributed by atoms with E-state index in [2.05, 4.69) is 5.32 Å². The van der Waals surface area contributed by atoms with Crippen LogP contribution in [-0.2, 0) is 9.59 Å². The molecular weight excluding hydrogens is 440 g/mol. The first-order valence-corrected chi connectivity index (χ1v) is 12.2. The van der Waals surface area contributed by atoms with E-state index in [0.29, 0.717) is 17.2 Å². The molecule has 1 aliphatic carbocycles. The molecule has 0 radical (unpaired) electrons. The first-order valence-electron chi connectivity index (χ1n) is 12.2. The van der Waals surface area contributed by atoms with Gasteiger partial charge in [-0.15, -0.1) is 0 Å². The second-order valence-corrected chi connectivity index (χ2v) is 9.21. The number of hydrogen-bond donors (Lipinski definition) is 1. The lowest BCUT2D eigenvalue weighted by Crippen LogP contribution is -2.52.